The van der Waals surface area contributed by atoms with Crippen LogP contribution in [-0.2, 0) is 5.41 Å². The number of nitrogens with zero attached hydrogens (tertiary/aromatic N) is 3. The molecule has 3 heterocycles. The van der Waals surface area contributed by atoms with Gasteiger partial charge < -0.3 is 4.42 Å². The SMILES string of the molecule is CC1(C)c2ccccc2-c2cc3c(cc21)oc1cccc(-c2ccc4c5ccccc5n(-c5cc(-c6ccccc6)nc(-c6ccccc6)n5)c4c2)c13. The van der Waals surface area contributed by atoms with Gasteiger partial charge in [-0.05, 0) is 63.7 Å². The zero-order valence-corrected chi connectivity index (χ0v) is 29.3. The highest BCUT2D eigenvalue weighted by Gasteiger charge is 2.36. The van der Waals surface area contributed by atoms with Gasteiger partial charge in [-0.3, -0.25) is 4.57 Å². The van der Waals surface area contributed by atoms with Crippen LogP contribution >= 0.6 is 0 Å². The average Bonchev–Trinajstić information content (AvgIpc) is 3.82. The van der Waals surface area contributed by atoms with E-state index in [1.807, 2.05) is 24.3 Å². The fourth-order valence-electron chi connectivity index (χ4n) is 8.67. The van der Waals surface area contributed by atoms with Gasteiger partial charge in [-0.25, -0.2) is 9.97 Å². The molecule has 4 heteroatoms. The first-order chi connectivity index (χ1) is 26.0. The van der Waals surface area contributed by atoms with E-state index in [1.54, 1.807) is 0 Å². The Hall–Kier alpha value is -6.78. The molecule has 0 amide bonds. The summed E-state index contributed by atoms with van der Waals surface area (Å²) in [6.07, 6.45) is 0. The van der Waals surface area contributed by atoms with Crippen molar-refractivity contribution in [1.82, 2.24) is 14.5 Å². The predicted molar refractivity (Wildman–Crippen MR) is 218 cm³/mol. The van der Waals surface area contributed by atoms with Gasteiger partial charge in [0.2, 0.25) is 0 Å². The molecule has 0 fully saturated rings. The van der Waals surface area contributed by atoms with Gasteiger partial charge in [0, 0.05) is 44.2 Å². The van der Waals surface area contributed by atoms with Crippen molar-refractivity contribution in [2.45, 2.75) is 19.3 Å². The molecule has 0 saturated carbocycles. The van der Waals surface area contributed by atoms with Crippen LogP contribution in [0.3, 0.4) is 0 Å². The Balaban J connectivity index is 1.16. The first-order valence-electron chi connectivity index (χ1n) is 18.2. The predicted octanol–water partition coefficient (Wildman–Crippen LogP) is 12.8. The maximum Gasteiger partial charge on any atom is 0.162 e. The molecular weight excluding hydrogens is 647 g/mol. The topological polar surface area (TPSA) is 43.9 Å². The molecule has 0 bridgehead atoms. The summed E-state index contributed by atoms with van der Waals surface area (Å²) in [7, 11) is 0. The van der Waals surface area contributed by atoms with Gasteiger partial charge in [-0.1, -0.05) is 141 Å². The minimum Gasteiger partial charge on any atom is -0.456 e. The Morgan fingerprint density at radius 1 is 0.472 bits per heavy atom. The molecule has 0 saturated heterocycles. The van der Waals surface area contributed by atoms with Crippen molar-refractivity contribution in [3.05, 3.63) is 175 Å². The molecule has 3 aromatic heterocycles. The molecule has 0 aliphatic heterocycles. The summed E-state index contributed by atoms with van der Waals surface area (Å²) in [4.78, 5) is 10.3. The highest BCUT2D eigenvalue weighted by Crippen LogP contribution is 2.51. The number of aromatic nitrogens is 3. The van der Waals surface area contributed by atoms with E-state index in [4.69, 9.17) is 14.4 Å². The molecule has 11 rings (SSSR count). The number of hydrogen-bond acceptors (Lipinski definition) is 3. The second kappa shape index (κ2) is 11.1. The van der Waals surface area contributed by atoms with Gasteiger partial charge in [0.15, 0.2) is 5.82 Å². The molecule has 10 aromatic rings. The first kappa shape index (κ1) is 29.9. The van der Waals surface area contributed by atoms with Crippen molar-refractivity contribution < 1.29 is 4.42 Å². The van der Waals surface area contributed by atoms with Gasteiger partial charge in [-0.2, -0.15) is 0 Å². The summed E-state index contributed by atoms with van der Waals surface area (Å²) in [6, 6.07) is 58.0. The maximum atomic E-state index is 6.65. The van der Waals surface area contributed by atoms with Crippen LogP contribution in [0.1, 0.15) is 25.0 Å². The highest BCUT2D eigenvalue weighted by molar-refractivity contribution is 6.16. The molecule has 7 aromatic carbocycles. The second-order valence-corrected chi connectivity index (χ2v) is 14.6. The molecular formula is C49H33N3O. The van der Waals surface area contributed by atoms with Crippen LogP contribution in [0.25, 0.3) is 94.5 Å². The van der Waals surface area contributed by atoms with E-state index in [0.717, 1.165) is 66.7 Å². The van der Waals surface area contributed by atoms with Crippen molar-refractivity contribution >= 4 is 43.7 Å². The number of benzene rings is 7. The van der Waals surface area contributed by atoms with Crippen molar-refractivity contribution in [2.24, 2.45) is 0 Å². The summed E-state index contributed by atoms with van der Waals surface area (Å²) in [5, 5.41) is 4.62. The van der Waals surface area contributed by atoms with E-state index in [9.17, 15) is 0 Å². The largest absolute Gasteiger partial charge is 0.456 e. The molecule has 0 unspecified atom stereocenters. The van der Waals surface area contributed by atoms with Crippen molar-refractivity contribution in [3.63, 3.8) is 0 Å². The van der Waals surface area contributed by atoms with E-state index in [2.05, 4.69) is 158 Å². The number of hydrogen-bond donors (Lipinski definition) is 0. The Labute approximate surface area is 306 Å². The zero-order chi connectivity index (χ0) is 35.3. The minimum absolute atomic E-state index is 0.0951. The fourth-order valence-corrected chi connectivity index (χ4v) is 8.67. The molecule has 0 atom stereocenters. The van der Waals surface area contributed by atoms with Gasteiger partial charge in [0.1, 0.15) is 17.0 Å². The van der Waals surface area contributed by atoms with Gasteiger partial charge in [0.05, 0.1) is 16.7 Å². The minimum atomic E-state index is -0.0951. The lowest BCUT2D eigenvalue weighted by Crippen LogP contribution is -2.14. The van der Waals surface area contributed by atoms with Gasteiger partial charge in [0.25, 0.3) is 0 Å². The lowest BCUT2D eigenvalue weighted by molar-refractivity contribution is 0.647. The lowest BCUT2D eigenvalue weighted by atomic mass is 9.82. The van der Waals surface area contributed by atoms with Crippen molar-refractivity contribution in [1.29, 1.82) is 0 Å². The third kappa shape index (κ3) is 4.42. The van der Waals surface area contributed by atoms with E-state index in [-0.39, 0.29) is 5.41 Å². The third-order valence-corrected chi connectivity index (χ3v) is 11.2. The van der Waals surface area contributed by atoms with E-state index in [1.165, 1.54) is 33.0 Å². The summed E-state index contributed by atoms with van der Waals surface area (Å²) in [5.41, 5.74) is 14.3. The number of fused-ring (bicyclic) bond motifs is 9. The van der Waals surface area contributed by atoms with Crippen LogP contribution in [0.5, 0.6) is 0 Å². The molecule has 1 aliphatic rings. The molecule has 0 N–H and O–H groups in total. The fraction of sp³-hybridized carbons (Fsp3) is 0.0612. The second-order valence-electron chi connectivity index (χ2n) is 14.6. The zero-order valence-electron chi connectivity index (χ0n) is 29.3. The molecule has 53 heavy (non-hydrogen) atoms. The average molecular weight is 680 g/mol. The van der Waals surface area contributed by atoms with Crippen LogP contribution in [0.4, 0.5) is 0 Å². The third-order valence-electron chi connectivity index (χ3n) is 11.2. The molecule has 0 spiro atoms. The number of furan rings is 1. The Bertz CT molecular complexity index is 3020. The van der Waals surface area contributed by atoms with Gasteiger partial charge >= 0.3 is 0 Å². The summed E-state index contributed by atoms with van der Waals surface area (Å²) in [6.45, 7) is 4.63. The molecule has 0 radical (unpaired) electrons. The Morgan fingerprint density at radius 3 is 2.04 bits per heavy atom. The van der Waals surface area contributed by atoms with Crippen LogP contribution in [0.15, 0.2) is 168 Å². The smallest absolute Gasteiger partial charge is 0.162 e. The Kier molecular flexibility index (Phi) is 6.27. The molecule has 4 nitrogen and oxygen atoms in total. The van der Waals surface area contributed by atoms with Crippen molar-refractivity contribution in [3.8, 4) is 50.7 Å². The van der Waals surface area contributed by atoms with Crippen LogP contribution in [-0.4, -0.2) is 14.5 Å². The highest BCUT2D eigenvalue weighted by atomic mass is 16.3. The molecule has 1 aliphatic carbocycles. The lowest BCUT2D eigenvalue weighted by Gasteiger charge is -2.21. The van der Waals surface area contributed by atoms with Crippen LogP contribution < -0.4 is 0 Å². The maximum absolute atomic E-state index is 6.65. The van der Waals surface area contributed by atoms with E-state index in [0.29, 0.717) is 5.82 Å². The van der Waals surface area contributed by atoms with E-state index < -0.39 is 0 Å². The monoisotopic (exact) mass is 679 g/mol. The normalized spacial score (nSPS) is 13.2. The number of para-hydroxylation sites is 1. The first-order valence-corrected chi connectivity index (χ1v) is 18.2. The van der Waals surface area contributed by atoms with Gasteiger partial charge in [-0.15, -0.1) is 0 Å². The Morgan fingerprint density at radius 2 is 1.19 bits per heavy atom. The number of rotatable bonds is 4. The molecule has 250 valence electrons. The summed E-state index contributed by atoms with van der Waals surface area (Å²) in [5.74, 6) is 1.51. The summed E-state index contributed by atoms with van der Waals surface area (Å²) < 4.78 is 8.95. The summed E-state index contributed by atoms with van der Waals surface area (Å²) >= 11 is 0. The standard InChI is InChI=1S/C49H33N3O/c1-49(2)39-21-11-9-18-34(39)37-27-38-45(28-40(37)49)53-44-23-13-20-33(47(38)44)32-24-25-36-35-19-10-12-22-42(35)52(43(36)26-32)46-29-41(30-14-5-3-6-15-30)50-48(51-46)31-16-7-4-8-17-31/h3-29H,1-2H3. The quantitative estimate of drug-likeness (QED) is 0.186. The van der Waals surface area contributed by atoms with E-state index >= 15 is 0 Å². The van der Waals surface area contributed by atoms with Crippen LogP contribution in [0, 0.1) is 0 Å². The van der Waals surface area contributed by atoms with Crippen molar-refractivity contribution in [2.75, 3.05) is 0 Å². The van der Waals surface area contributed by atoms with Crippen LogP contribution in [0.2, 0.25) is 0 Å².